The highest BCUT2D eigenvalue weighted by Crippen LogP contribution is 2.34. The van der Waals surface area contributed by atoms with E-state index in [2.05, 4.69) is 10.2 Å². The molecule has 40 heavy (non-hydrogen) atoms. The second-order valence-electron chi connectivity index (χ2n) is 9.40. The molecule has 0 unspecified atom stereocenters. The summed E-state index contributed by atoms with van der Waals surface area (Å²) in [5.41, 5.74) is -0.265. The average molecular weight is 573 g/mol. The van der Waals surface area contributed by atoms with Crippen LogP contribution in [0.5, 0.6) is 5.75 Å². The Balaban J connectivity index is 1.75. The van der Waals surface area contributed by atoms with Crippen molar-refractivity contribution in [3.8, 4) is 10.8 Å². The molecule has 1 amide bonds. The minimum Gasteiger partial charge on any atom is -0.496 e. The summed E-state index contributed by atoms with van der Waals surface area (Å²) in [6.45, 7) is 2.48. The average Bonchev–Trinajstić information content (AvgIpc) is 3.66. The molecule has 14 heteroatoms. The Morgan fingerprint density at radius 2 is 1.90 bits per heavy atom. The number of carbonyl (C=O) groups is 1. The Labute approximate surface area is 232 Å². The van der Waals surface area contributed by atoms with Gasteiger partial charge in [-0.15, -0.1) is 4.80 Å². The van der Waals surface area contributed by atoms with Crippen molar-refractivity contribution in [3.63, 3.8) is 0 Å². The fourth-order valence-electron chi connectivity index (χ4n) is 4.98. The van der Waals surface area contributed by atoms with E-state index in [-0.39, 0.29) is 31.1 Å². The number of likely N-dealkylation sites (N-methyl/N-ethyl adjacent to an activating group) is 1. The molecule has 1 aliphatic rings. The van der Waals surface area contributed by atoms with Gasteiger partial charge in [0.25, 0.3) is 5.56 Å². The third-order valence-corrected chi connectivity index (χ3v) is 8.30. The zero-order chi connectivity index (χ0) is 28.6. The molecule has 5 rings (SSSR count). The minimum absolute atomic E-state index is 0.0954. The Morgan fingerprint density at radius 3 is 2.55 bits per heavy atom. The quantitative estimate of drug-likeness (QED) is 0.265. The molecule has 0 radical (unpaired) electrons. The van der Waals surface area contributed by atoms with Crippen LogP contribution in [-0.2, 0) is 20.8 Å². The van der Waals surface area contributed by atoms with E-state index in [0.29, 0.717) is 39.7 Å². The normalized spacial score (nSPS) is 16.3. The Bertz CT molecular complexity index is 1660. The molecule has 1 aromatic carbocycles. The Kier molecular flexibility index (Phi) is 7.83. The van der Waals surface area contributed by atoms with Crippen molar-refractivity contribution in [2.24, 2.45) is 0 Å². The van der Waals surface area contributed by atoms with Crippen LogP contribution in [-0.4, -0.2) is 76.0 Å². The lowest BCUT2D eigenvalue weighted by molar-refractivity contribution is -0.129. The van der Waals surface area contributed by atoms with E-state index in [4.69, 9.17) is 14.2 Å². The number of hydrogen-bond donors (Lipinski definition) is 0. The van der Waals surface area contributed by atoms with E-state index >= 15 is 0 Å². The number of nitrogens with zero attached hydrogens (tertiary/aromatic N) is 6. The summed E-state index contributed by atoms with van der Waals surface area (Å²) in [6, 6.07) is 3.11. The van der Waals surface area contributed by atoms with Crippen LogP contribution in [0.1, 0.15) is 29.7 Å². The van der Waals surface area contributed by atoms with Crippen LogP contribution in [0, 0.1) is 12.7 Å². The Hall–Kier alpha value is -3.88. The molecule has 0 aliphatic carbocycles. The first-order chi connectivity index (χ1) is 19.3. The number of ether oxygens (including phenoxy) is 3. The topological polar surface area (TPSA) is 123 Å². The van der Waals surface area contributed by atoms with Gasteiger partial charge in [0.1, 0.15) is 33.5 Å². The lowest BCUT2D eigenvalue weighted by Gasteiger charge is -2.23. The van der Waals surface area contributed by atoms with Gasteiger partial charge in [-0.2, -0.15) is 10.2 Å². The maximum atomic E-state index is 14.4. The third kappa shape index (κ3) is 4.82. The number of thiophene rings is 1. The van der Waals surface area contributed by atoms with Gasteiger partial charge in [0.15, 0.2) is 0 Å². The number of rotatable bonds is 10. The van der Waals surface area contributed by atoms with E-state index in [1.165, 1.54) is 70.4 Å². The summed E-state index contributed by atoms with van der Waals surface area (Å²) in [4.78, 5) is 44.2. The minimum atomic E-state index is -0.942. The van der Waals surface area contributed by atoms with E-state index < -0.39 is 29.2 Å². The highest BCUT2D eigenvalue weighted by molar-refractivity contribution is 7.21. The fraction of sp³-hybridized carbons (Fsp3) is 0.423. The van der Waals surface area contributed by atoms with E-state index in [9.17, 15) is 18.8 Å². The van der Waals surface area contributed by atoms with Gasteiger partial charge >= 0.3 is 5.69 Å². The molecule has 3 aromatic heterocycles. The summed E-state index contributed by atoms with van der Waals surface area (Å²) in [7, 11) is 4.62. The van der Waals surface area contributed by atoms with Crippen molar-refractivity contribution >= 4 is 27.5 Å². The second-order valence-corrected chi connectivity index (χ2v) is 10.4. The third-order valence-electron chi connectivity index (χ3n) is 7.02. The van der Waals surface area contributed by atoms with E-state index in [1.54, 1.807) is 14.0 Å². The summed E-state index contributed by atoms with van der Waals surface area (Å²) >= 11 is 1.17. The number of halogens is 1. The van der Waals surface area contributed by atoms with Crippen LogP contribution >= 0.6 is 11.3 Å². The second kappa shape index (κ2) is 11.3. The molecule has 12 nitrogen and oxygen atoms in total. The number of aromatic nitrogens is 5. The number of fused-ring (bicyclic) bond motifs is 1. The molecule has 2 atom stereocenters. The lowest BCUT2D eigenvalue weighted by atomic mass is 10.1. The molecule has 0 N–H and O–H groups in total. The molecular weight excluding hydrogens is 543 g/mol. The van der Waals surface area contributed by atoms with Crippen molar-refractivity contribution < 1.29 is 23.4 Å². The van der Waals surface area contributed by atoms with Gasteiger partial charge in [0.05, 0.1) is 44.6 Å². The molecule has 0 bridgehead atoms. The van der Waals surface area contributed by atoms with E-state index in [0.717, 1.165) is 4.57 Å². The maximum Gasteiger partial charge on any atom is 0.332 e. The summed E-state index contributed by atoms with van der Waals surface area (Å²) in [5, 5.41) is 9.23. The first kappa shape index (κ1) is 27.7. The van der Waals surface area contributed by atoms with Gasteiger partial charge < -0.3 is 19.1 Å². The first-order valence-electron chi connectivity index (χ1n) is 12.6. The van der Waals surface area contributed by atoms with Crippen LogP contribution in [0.3, 0.4) is 0 Å². The first-order valence-corrected chi connectivity index (χ1v) is 13.4. The van der Waals surface area contributed by atoms with Crippen LogP contribution in [0.15, 0.2) is 40.2 Å². The fourth-order valence-corrected chi connectivity index (χ4v) is 6.20. The lowest BCUT2D eigenvalue weighted by Crippen LogP contribution is -2.44. The van der Waals surface area contributed by atoms with Crippen LogP contribution in [0.25, 0.3) is 15.2 Å². The highest BCUT2D eigenvalue weighted by atomic mass is 32.1. The van der Waals surface area contributed by atoms with Gasteiger partial charge in [0.2, 0.25) is 5.91 Å². The largest absolute Gasteiger partial charge is 0.496 e. The number of amides is 1. The van der Waals surface area contributed by atoms with Crippen molar-refractivity contribution in [1.82, 2.24) is 29.0 Å². The molecule has 0 spiro atoms. The Morgan fingerprint density at radius 1 is 1.15 bits per heavy atom. The predicted molar refractivity (Wildman–Crippen MR) is 145 cm³/mol. The number of methoxy groups -OCH3 is 2. The van der Waals surface area contributed by atoms with Gasteiger partial charge in [0, 0.05) is 31.8 Å². The molecule has 4 heterocycles. The van der Waals surface area contributed by atoms with Crippen LogP contribution < -0.4 is 16.0 Å². The van der Waals surface area contributed by atoms with Crippen molar-refractivity contribution in [3.05, 3.63) is 68.4 Å². The van der Waals surface area contributed by atoms with E-state index in [1.807, 2.05) is 0 Å². The van der Waals surface area contributed by atoms with Gasteiger partial charge in [-0.05, 0) is 31.5 Å². The molecule has 1 fully saturated rings. The molecule has 0 saturated carbocycles. The standard InChI is InChI=1S/C26H29FN6O6S/c1-15-21-23(35)32(18-7-10-30(2)22(18)34)26(36)31(25(21)40-24(15)33-28-8-9-29-33)14-20(39-12-11-37-3)17-13-16(27)5-6-19(17)38-4/h5-6,8-9,13,18,20H,7,10-12,14H2,1-4H3/t18-,20-/m0/s1. The monoisotopic (exact) mass is 572 g/mol. The summed E-state index contributed by atoms with van der Waals surface area (Å²) < 4.78 is 33.6. The van der Waals surface area contributed by atoms with Crippen LogP contribution in [0.2, 0.25) is 0 Å². The van der Waals surface area contributed by atoms with Crippen molar-refractivity contribution in [1.29, 1.82) is 0 Å². The van der Waals surface area contributed by atoms with Gasteiger partial charge in [-0.1, -0.05) is 11.3 Å². The van der Waals surface area contributed by atoms with Gasteiger partial charge in [-0.25, -0.2) is 13.8 Å². The van der Waals surface area contributed by atoms with Gasteiger partial charge in [-0.3, -0.25) is 14.2 Å². The predicted octanol–water partition coefficient (Wildman–Crippen LogP) is 2.07. The number of benzene rings is 1. The summed E-state index contributed by atoms with van der Waals surface area (Å²) in [5.74, 6) is -0.443. The summed E-state index contributed by atoms with van der Waals surface area (Å²) in [6.07, 6.45) is 2.48. The molecule has 4 aromatic rings. The number of aryl methyl sites for hydroxylation is 1. The SMILES string of the molecule is COCCO[C@@H](Cn1c(=O)n([C@H]2CCN(C)C2=O)c(=O)c2c(C)c(-n3nccn3)sc21)c1cc(F)ccc1OC. The van der Waals surface area contributed by atoms with Crippen molar-refractivity contribution in [2.75, 3.05) is 41.0 Å². The number of carbonyl (C=O) groups excluding carboxylic acids is 1. The number of likely N-dealkylation sites (tertiary alicyclic amines) is 1. The molecule has 212 valence electrons. The van der Waals surface area contributed by atoms with Crippen molar-refractivity contribution in [2.45, 2.75) is 32.0 Å². The molecule has 1 saturated heterocycles. The van der Waals surface area contributed by atoms with Crippen LogP contribution in [0.4, 0.5) is 4.39 Å². The smallest absolute Gasteiger partial charge is 0.332 e. The maximum absolute atomic E-state index is 14.4. The zero-order valence-electron chi connectivity index (χ0n) is 22.5. The molecular formula is C26H29FN6O6S. The zero-order valence-corrected chi connectivity index (χ0v) is 23.3. The molecule has 1 aliphatic heterocycles. The number of hydrogen-bond acceptors (Lipinski definition) is 9. The highest BCUT2D eigenvalue weighted by Gasteiger charge is 2.35.